The van der Waals surface area contributed by atoms with E-state index in [1.54, 1.807) is 4.90 Å². The quantitative estimate of drug-likeness (QED) is 0.909. The van der Waals surface area contributed by atoms with E-state index in [0.717, 1.165) is 18.6 Å². The Morgan fingerprint density at radius 2 is 1.65 bits per heavy atom. The molecule has 1 aliphatic heterocycles. The summed E-state index contributed by atoms with van der Waals surface area (Å²) in [6, 6.07) is 2.79. The van der Waals surface area contributed by atoms with Crippen molar-refractivity contribution in [3.05, 3.63) is 35.4 Å². The van der Waals surface area contributed by atoms with Crippen LogP contribution in [0.5, 0.6) is 0 Å². The average molecular weight is 325 g/mol. The molecule has 0 radical (unpaired) electrons. The second-order valence-electron chi connectivity index (χ2n) is 5.61. The molecule has 0 saturated carbocycles. The van der Waals surface area contributed by atoms with Crippen LogP contribution in [-0.4, -0.2) is 53.8 Å². The topological polar surface area (TPSA) is 66.6 Å². The number of amides is 2. The van der Waals surface area contributed by atoms with Crippen molar-refractivity contribution >= 4 is 11.8 Å². The smallest absolute Gasteiger partial charge is 0.259 e. The van der Waals surface area contributed by atoms with E-state index >= 15 is 0 Å². The van der Waals surface area contributed by atoms with Crippen molar-refractivity contribution in [3.8, 4) is 0 Å². The fourth-order valence-electron chi connectivity index (χ4n) is 2.66. The highest BCUT2D eigenvalue weighted by Gasteiger charge is 2.29. The first-order valence-electron chi connectivity index (χ1n) is 7.73. The number of benzene rings is 1. The van der Waals surface area contributed by atoms with Crippen LogP contribution in [0.2, 0.25) is 0 Å². The predicted octanol–water partition coefficient (Wildman–Crippen LogP) is 1.38. The van der Waals surface area contributed by atoms with Crippen LogP contribution >= 0.6 is 0 Å². The van der Waals surface area contributed by atoms with Crippen LogP contribution < -0.4 is 5.73 Å². The second-order valence-corrected chi connectivity index (χ2v) is 5.61. The fraction of sp³-hybridized carbons (Fsp3) is 0.500. The maximum absolute atomic E-state index is 13.7. The van der Waals surface area contributed by atoms with Gasteiger partial charge in [-0.25, -0.2) is 8.78 Å². The maximum atomic E-state index is 13.7. The van der Waals surface area contributed by atoms with E-state index in [1.807, 2.05) is 6.92 Å². The van der Waals surface area contributed by atoms with Crippen LogP contribution in [0.15, 0.2) is 18.2 Å². The van der Waals surface area contributed by atoms with Crippen LogP contribution in [0.4, 0.5) is 8.78 Å². The zero-order valence-electron chi connectivity index (χ0n) is 13.1. The largest absolute Gasteiger partial charge is 0.338 e. The van der Waals surface area contributed by atoms with Gasteiger partial charge < -0.3 is 15.5 Å². The highest BCUT2D eigenvalue weighted by atomic mass is 19.1. The number of nitrogens with two attached hydrogens (primary N) is 1. The number of rotatable bonds is 4. The van der Waals surface area contributed by atoms with E-state index in [1.165, 1.54) is 11.0 Å². The number of hydrogen-bond acceptors (Lipinski definition) is 3. The Morgan fingerprint density at radius 3 is 2.17 bits per heavy atom. The molecule has 7 heteroatoms. The van der Waals surface area contributed by atoms with Gasteiger partial charge in [0.05, 0.1) is 6.04 Å². The van der Waals surface area contributed by atoms with Gasteiger partial charge in [-0.15, -0.1) is 0 Å². The molecular weight excluding hydrogens is 304 g/mol. The molecule has 0 aromatic heterocycles. The van der Waals surface area contributed by atoms with Crippen molar-refractivity contribution < 1.29 is 18.4 Å². The van der Waals surface area contributed by atoms with E-state index in [0.29, 0.717) is 19.5 Å². The molecule has 2 amide bonds. The van der Waals surface area contributed by atoms with Gasteiger partial charge in [-0.05, 0) is 18.6 Å². The minimum atomic E-state index is -0.876. The zero-order valence-corrected chi connectivity index (χ0v) is 13.1. The molecule has 0 spiro atoms. The van der Waals surface area contributed by atoms with Gasteiger partial charge in [0.1, 0.15) is 17.2 Å². The van der Waals surface area contributed by atoms with Crippen LogP contribution in [-0.2, 0) is 4.79 Å². The van der Waals surface area contributed by atoms with Gasteiger partial charge in [0.15, 0.2) is 0 Å². The molecule has 1 unspecified atom stereocenters. The monoisotopic (exact) mass is 325 g/mol. The molecule has 1 heterocycles. The molecule has 2 rings (SSSR count). The first-order valence-corrected chi connectivity index (χ1v) is 7.73. The van der Waals surface area contributed by atoms with E-state index in [-0.39, 0.29) is 19.0 Å². The molecule has 1 aromatic carbocycles. The summed E-state index contributed by atoms with van der Waals surface area (Å²) in [7, 11) is 0. The lowest BCUT2D eigenvalue weighted by atomic mass is 10.1. The van der Waals surface area contributed by atoms with Crippen molar-refractivity contribution in [2.45, 2.75) is 25.8 Å². The summed E-state index contributed by atoms with van der Waals surface area (Å²) in [5.74, 6) is -2.58. The van der Waals surface area contributed by atoms with Crippen LogP contribution in [0, 0.1) is 11.6 Å². The van der Waals surface area contributed by atoms with Crippen molar-refractivity contribution in [3.63, 3.8) is 0 Å². The van der Waals surface area contributed by atoms with Crippen LogP contribution in [0.1, 0.15) is 30.1 Å². The molecule has 0 aliphatic carbocycles. The molecular formula is C16H21F2N3O2. The van der Waals surface area contributed by atoms with E-state index in [9.17, 15) is 18.4 Å². The second kappa shape index (κ2) is 7.50. The summed E-state index contributed by atoms with van der Waals surface area (Å²) < 4.78 is 27.4. The number of halogens is 2. The lowest BCUT2D eigenvalue weighted by Crippen LogP contribution is -2.54. The van der Waals surface area contributed by atoms with Gasteiger partial charge in [0.2, 0.25) is 5.91 Å². The van der Waals surface area contributed by atoms with Crippen molar-refractivity contribution in [2.24, 2.45) is 5.73 Å². The summed E-state index contributed by atoms with van der Waals surface area (Å²) in [6.07, 6.45) is 1.43. The Hall–Kier alpha value is -2.02. The minimum Gasteiger partial charge on any atom is -0.338 e. The number of nitrogens with zero attached hydrogens (tertiary/aromatic N) is 2. The number of hydrogen-bond donors (Lipinski definition) is 1. The minimum absolute atomic E-state index is 0.143. The molecule has 0 bridgehead atoms. The summed E-state index contributed by atoms with van der Waals surface area (Å²) in [4.78, 5) is 27.3. The van der Waals surface area contributed by atoms with Crippen LogP contribution in [0.3, 0.4) is 0 Å². The lowest BCUT2D eigenvalue weighted by Gasteiger charge is -2.36. The third kappa shape index (κ3) is 3.85. The molecule has 126 valence electrons. The molecule has 1 fully saturated rings. The summed E-state index contributed by atoms with van der Waals surface area (Å²) in [6.45, 7) is 3.05. The van der Waals surface area contributed by atoms with Crippen LogP contribution in [0.25, 0.3) is 0 Å². The van der Waals surface area contributed by atoms with Crippen molar-refractivity contribution in [1.29, 1.82) is 0 Å². The van der Waals surface area contributed by atoms with E-state index < -0.39 is 29.1 Å². The predicted molar refractivity (Wildman–Crippen MR) is 81.7 cm³/mol. The third-order valence-electron chi connectivity index (χ3n) is 3.97. The molecule has 5 nitrogen and oxygen atoms in total. The average Bonchev–Trinajstić information content (AvgIpc) is 2.54. The third-order valence-corrected chi connectivity index (χ3v) is 3.97. The van der Waals surface area contributed by atoms with Gasteiger partial charge >= 0.3 is 0 Å². The molecule has 1 atom stereocenters. The standard InChI is InChI=1S/C16H21F2N3O2/c1-2-4-13(19)15(22)20-7-9-21(10-8-20)16(23)14-11(17)5-3-6-12(14)18/h3,5-6,13H,2,4,7-10,19H2,1H3. The van der Waals surface area contributed by atoms with E-state index in [2.05, 4.69) is 0 Å². The summed E-state index contributed by atoms with van der Waals surface area (Å²) in [5.41, 5.74) is 5.27. The highest BCUT2D eigenvalue weighted by molar-refractivity contribution is 5.95. The summed E-state index contributed by atoms with van der Waals surface area (Å²) in [5, 5.41) is 0. The highest BCUT2D eigenvalue weighted by Crippen LogP contribution is 2.16. The van der Waals surface area contributed by atoms with Gasteiger partial charge in [0, 0.05) is 26.2 Å². The Morgan fingerprint density at radius 1 is 1.13 bits per heavy atom. The summed E-state index contributed by atoms with van der Waals surface area (Å²) >= 11 is 0. The zero-order chi connectivity index (χ0) is 17.0. The molecule has 1 aromatic rings. The number of carbonyl (C=O) groups is 2. The van der Waals surface area contributed by atoms with Crippen molar-refractivity contribution in [2.75, 3.05) is 26.2 Å². The Bertz CT molecular complexity index is 566. The van der Waals surface area contributed by atoms with Gasteiger partial charge in [-0.1, -0.05) is 19.4 Å². The lowest BCUT2D eigenvalue weighted by molar-refractivity contribution is -0.134. The molecule has 23 heavy (non-hydrogen) atoms. The maximum Gasteiger partial charge on any atom is 0.259 e. The normalized spacial score (nSPS) is 16.3. The first-order chi connectivity index (χ1) is 11.0. The molecule has 2 N–H and O–H groups in total. The molecule has 1 aliphatic rings. The number of piperazine rings is 1. The van der Waals surface area contributed by atoms with E-state index in [4.69, 9.17) is 5.73 Å². The van der Waals surface area contributed by atoms with Crippen molar-refractivity contribution in [1.82, 2.24) is 9.80 Å². The molecule has 1 saturated heterocycles. The van der Waals surface area contributed by atoms with Gasteiger partial charge in [-0.2, -0.15) is 0 Å². The Kier molecular flexibility index (Phi) is 5.65. The van der Waals surface area contributed by atoms with Gasteiger partial charge in [-0.3, -0.25) is 9.59 Å². The first kappa shape index (κ1) is 17.3. The fourth-order valence-corrected chi connectivity index (χ4v) is 2.66. The van der Waals surface area contributed by atoms with Gasteiger partial charge in [0.25, 0.3) is 5.91 Å². The number of carbonyl (C=O) groups excluding carboxylic acids is 2. The Labute approximate surface area is 134 Å². The SMILES string of the molecule is CCCC(N)C(=O)N1CCN(C(=O)c2c(F)cccc2F)CC1. The Balaban J connectivity index is 1.99.